The zero-order valence-electron chi connectivity index (χ0n) is 28.3. The molecule has 5 heteroatoms. The number of nitrogens with zero attached hydrogens (tertiary/aromatic N) is 2. The van der Waals surface area contributed by atoms with Gasteiger partial charge >= 0.3 is 5.97 Å². The Hall–Kier alpha value is -3.15. The van der Waals surface area contributed by atoms with Crippen molar-refractivity contribution < 1.29 is 14.6 Å². The van der Waals surface area contributed by atoms with E-state index in [4.69, 9.17) is 4.74 Å². The van der Waals surface area contributed by atoms with E-state index in [-0.39, 0.29) is 12.1 Å². The second-order valence-corrected chi connectivity index (χ2v) is 14.1. The molecule has 3 aromatic rings. The third-order valence-corrected chi connectivity index (χ3v) is 11.4. The van der Waals surface area contributed by atoms with Crippen molar-refractivity contribution in [3.8, 4) is 5.75 Å². The minimum absolute atomic E-state index is 0.229. The van der Waals surface area contributed by atoms with Crippen LogP contribution in [0.25, 0.3) is 0 Å². The van der Waals surface area contributed by atoms with E-state index < -0.39 is 5.41 Å². The summed E-state index contributed by atoms with van der Waals surface area (Å²) in [7, 11) is 6.49. The second-order valence-electron chi connectivity index (χ2n) is 14.1. The molecule has 45 heavy (non-hydrogen) atoms. The van der Waals surface area contributed by atoms with Gasteiger partial charge in [-0.15, -0.1) is 0 Å². The molecule has 5 atom stereocenters. The summed E-state index contributed by atoms with van der Waals surface area (Å²) in [5.74, 6) is 1.04. The van der Waals surface area contributed by atoms with Gasteiger partial charge in [-0.1, -0.05) is 86.5 Å². The number of carbonyl (C=O) groups is 1. The fourth-order valence-corrected chi connectivity index (χ4v) is 8.94. The summed E-state index contributed by atoms with van der Waals surface area (Å²) in [5, 5.41) is 9.91. The molecular weight excluding hydrogens is 556 g/mol. The summed E-state index contributed by atoms with van der Waals surface area (Å²) in [4.78, 5) is 16.7. The van der Waals surface area contributed by atoms with E-state index in [2.05, 4.69) is 105 Å². The standard InChI is InChI=1S/C23H31NO2.C17H23NO/c1-6-22(26-19(3)25)23(17-18(2)24(4)5,20-13-9-7-10-14-20)21-15-11-8-12-16-21;1-18-9-8-17-7-3-2-4-14(17)16(18)10-12-5-6-13(19)11-15(12)17/h7-16,18,22H,6,17H2,1-5H3;5-6,11,14,16,19H,2-4,7-10H2,1H3/t18-,22-;14-,16+,17+/m00/s1. The molecule has 3 aromatic carbocycles. The Labute approximate surface area is 271 Å². The minimum Gasteiger partial charge on any atom is -0.508 e. The Bertz CT molecular complexity index is 1370. The Balaban J connectivity index is 0.000000185. The first-order valence-electron chi connectivity index (χ1n) is 17.1. The summed E-state index contributed by atoms with van der Waals surface area (Å²) in [6, 6.07) is 28.1. The van der Waals surface area contributed by atoms with Crippen LogP contribution in [0.3, 0.4) is 0 Å². The van der Waals surface area contributed by atoms with E-state index in [1.807, 2.05) is 18.2 Å². The number of ether oxygens (including phenoxy) is 1. The highest BCUT2D eigenvalue weighted by Gasteiger charge is 2.53. The molecule has 0 spiro atoms. The molecular formula is C40H54N2O3. The van der Waals surface area contributed by atoms with Gasteiger partial charge in [-0.2, -0.15) is 0 Å². The number of esters is 1. The van der Waals surface area contributed by atoms with Gasteiger partial charge in [0, 0.05) is 24.4 Å². The fourth-order valence-electron chi connectivity index (χ4n) is 8.94. The van der Waals surface area contributed by atoms with Crippen molar-refractivity contribution in [1.29, 1.82) is 0 Å². The van der Waals surface area contributed by atoms with Crippen molar-refractivity contribution in [2.24, 2.45) is 5.92 Å². The normalized spacial score (nSPS) is 24.0. The van der Waals surface area contributed by atoms with Crippen LogP contribution < -0.4 is 0 Å². The lowest BCUT2D eigenvalue weighted by molar-refractivity contribution is -0.150. The van der Waals surface area contributed by atoms with Crippen LogP contribution in [-0.2, 0) is 26.8 Å². The highest BCUT2D eigenvalue weighted by atomic mass is 16.5. The van der Waals surface area contributed by atoms with E-state index >= 15 is 0 Å². The molecule has 6 rings (SSSR count). The van der Waals surface area contributed by atoms with Gasteiger partial charge in [0.15, 0.2) is 0 Å². The number of likely N-dealkylation sites (N-methyl/N-ethyl adjacent to an activating group) is 1. The molecule has 2 bridgehead atoms. The molecule has 1 saturated heterocycles. The molecule has 0 radical (unpaired) electrons. The number of carbonyl (C=O) groups excluding carboxylic acids is 1. The van der Waals surface area contributed by atoms with Gasteiger partial charge in [0.05, 0.1) is 5.41 Å². The Morgan fingerprint density at radius 1 is 1.02 bits per heavy atom. The van der Waals surface area contributed by atoms with Crippen molar-refractivity contribution in [3.05, 3.63) is 101 Å². The lowest BCUT2D eigenvalue weighted by atomic mass is 9.52. The van der Waals surface area contributed by atoms with Gasteiger partial charge in [-0.05, 0) is 113 Å². The molecule has 2 aliphatic carbocycles. The van der Waals surface area contributed by atoms with Gasteiger partial charge < -0.3 is 19.6 Å². The molecule has 2 fully saturated rings. The second kappa shape index (κ2) is 14.1. The molecule has 1 aliphatic heterocycles. The molecule has 5 nitrogen and oxygen atoms in total. The van der Waals surface area contributed by atoms with Gasteiger partial charge in [-0.3, -0.25) is 4.79 Å². The van der Waals surface area contributed by atoms with Gasteiger partial charge in [0.2, 0.25) is 0 Å². The van der Waals surface area contributed by atoms with E-state index in [1.165, 1.54) is 74.2 Å². The van der Waals surface area contributed by atoms with Crippen molar-refractivity contribution in [2.75, 3.05) is 27.7 Å². The Morgan fingerprint density at radius 2 is 1.67 bits per heavy atom. The van der Waals surface area contributed by atoms with Crippen molar-refractivity contribution in [2.45, 2.75) is 101 Å². The molecule has 1 saturated carbocycles. The van der Waals surface area contributed by atoms with Crippen molar-refractivity contribution in [3.63, 3.8) is 0 Å². The zero-order valence-corrected chi connectivity index (χ0v) is 28.3. The van der Waals surface area contributed by atoms with Crippen LogP contribution in [0.1, 0.15) is 88.0 Å². The van der Waals surface area contributed by atoms with E-state index in [0.717, 1.165) is 24.8 Å². The first-order valence-corrected chi connectivity index (χ1v) is 17.1. The number of rotatable bonds is 8. The lowest BCUT2D eigenvalue weighted by Gasteiger charge is -2.58. The maximum absolute atomic E-state index is 11.9. The van der Waals surface area contributed by atoms with Crippen LogP contribution in [0.5, 0.6) is 5.75 Å². The minimum atomic E-state index is -0.396. The SMILES string of the molecule is CC[C@H](OC(C)=O)C(C[C@H](C)N(C)C)(c1ccccc1)c1ccccc1.CN1CC[C@]23CCCC[C@H]2[C@H]1Cc1ccc(O)cc13. The number of aromatic hydroxyl groups is 1. The fraction of sp³-hybridized carbons (Fsp3) is 0.525. The number of likely N-dealkylation sites (tertiary alicyclic amines) is 1. The molecule has 1 heterocycles. The number of piperidine rings is 1. The highest BCUT2D eigenvalue weighted by Crippen LogP contribution is 2.56. The third-order valence-electron chi connectivity index (χ3n) is 11.4. The van der Waals surface area contributed by atoms with Gasteiger partial charge in [-0.25, -0.2) is 0 Å². The number of phenolic OH excluding ortho intramolecular Hbond substituents is 1. The maximum atomic E-state index is 11.9. The number of hydrogen-bond donors (Lipinski definition) is 1. The molecule has 1 N–H and O–H groups in total. The zero-order chi connectivity index (χ0) is 32.2. The van der Waals surface area contributed by atoms with Crippen LogP contribution in [-0.4, -0.2) is 66.8 Å². The molecule has 3 aliphatic rings. The predicted molar refractivity (Wildman–Crippen MR) is 184 cm³/mol. The van der Waals surface area contributed by atoms with Crippen LogP contribution >= 0.6 is 0 Å². The topological polar surface area (TPSA) is 53.0 Å². The lowest BCUT2D eigenvalue weighted by Crippen LogP contribution is -2.59. The third kappa shape index (κ3) is 6.57. The molecule has 0 unspecified atom stereocenters. The van der Waals surface area contributed by atoms with Crippen LogP contribution in [0, 0.1) is 5.92 Å². The summed E-state index contributed by atoms with van der Waals surface area (Å²) in [6.45, 7) is 7.03. The Kier molecular flexibility index (Phi) is 10.4. The highest BCUT2D eigenvalue weighted by molar-refractivity contribution is 5.66. The smallest absolute Gasteiger partial charge is 0.302 e. The number of phenols is 1. The first kappa shape index (κ1) is 33.2. The van der Waals surface area contributed by atoms with Crippen LogP contribution in [0.2, 0.25) is 0 Å². The first-order chi connectivity index (χ1) is 21.6. The average Bonchev–Trinajstić information content (AvgIpc) is 3.05. The quantitative estimate of drug-likeness (QED) is 0.265. The molecule has 0 aromatic heterocycles. The predicted octanol–water partition coefficient (Wildman–Crippen LogP) is 7.74. The summed E-state index contributed by atoms with van der Waals surface area (Å²) in [5.41, 5.74) is 5.34. The van der Waals surface area contributed by atoms with Crippen molar-refractivity contribution >= 4 is 5.97 Å². The van der Waals surface area contributed by atoms with E-state index in [9.17, 15) is 9.90 Å². The van der Waals surface area contributed by atoms with Crippen LogP contribution in [0.15, 0.2) is 78.9 Å². The van der Waals surface area contributed by atoms with Crippen molar-refractivity contribution in [1.82, 2.24) is 9.80 Å². The largest absolute Gasteiger partial charge is 0.508 e. The van der Waals surface area contributed by atoms with Crippen LogP contribution in [0.4, 0.5) is 0 Å². The number of hydrogen-bond acceptors (Lipinski definition) is 5. The monoisotopic (exact) mass is 610 g/mol. The summed E-state index contributed by atoms with van der Waals surface area (Å²) < 4.78 is 5.90. The summed E-state index contributed by atoms with van der Waals surface area (Å²) in [6.07, 6.45) is 9.31. The van der Waals surface area contributed by atoms with Gasteiger partial charge in [0.1, 0.15) is 11.9 Å². The van der Waals surface area contributed by atoms with E-state index in [0.29, 0.717) is 17.2 Å². The maximum Gasteiger partial charge on any atom is 0.302 e. The van der Waals surface area contributed by atoms with E-state index in [1.54, 1.807) is 0 Å². The summed E-state index contributed by atoms with van der Waals surface area (Å²) >= 11 is 0. The van der Waals surface area contributed by atoms with Gasteiger partial charge in [0.25, 0.3) is 0 Å². The average molecular weight is 611 g/mol. The Morgan fingerprint density at radius 3 is 2.24 bits per heavy atom. The molecule has 0 amide bonds. The number of fused-ring (bicyclic) bond motifs is 1. The number of benzene rings is 3. The molecule has 242 valence electrons.